The number of hydrogen-bond acceptors (Lipinski definition) is 6. The molecule has 0 saturated heterocycles. The molecule has 1 N–H and O–H groups in total. The zero-order valence-corrected chi connectivity index (χ0v) is 12.1. The molecule has 0 amide bonds. The lowest BCUT2D eigenvalue weighted by Gasteiger charge is -2.09. The molecule has 1 aromatic carbocycles. The number of methoxy groups -OCH3 is 2. The monoisotopic (exact) mass is 297 g/mol. The lowest BCUT2D eigenvalue weighted by molar-refractivity contribution is 0.354. The molecule has 1 heterocycles. The first-order valence-electron chi connectivity index (χ1n) is 6.10. The molecule has 0 saturated carbocycles. The van der Waals surface area contributed by atoms with Gasteiger partial charge >= 0.3 is 6.01 Å². The maximum absolute atomic E-state index is 5.58. The van der Waals surface area contributed by atoms with E-state index >= 15 is 0 Å². The fourth-order valence-corrected chi connectivity index (χ4v) is 1.84. The van der Waals surface area contributed by atoms with Crippen molar-refractivity contribution in [3.05, 3.63) is 29.7 Å². The zero-order chi connectivity index (χ0) is 14.4. The van der Waals surface area contributed by atoms with Crippen LogP contribution in [-0.2, 0) is 12.3 Å². The minimum atomic E-state index is 0.213. The molecule has 108 valence electrons. The first-order chi connectivity index (χ1) is 9.76. The third-order valence-electron chi connectivity index (χ3n) is 2.72. The van der Waals surface area contributed by atoms with Crippen molar-refractivity contribution in [3.63, 3.8) is 0 Å². The number of nitrogens with one attached hydrogen (secondary N) is 1. The van der Waals surface area contributed by atoms with Gasteiger partial charge in [0.25, 0.3) is 0 Å². The van der Waals surface area contributed by atoms with Crippen molar-refractivity contribution in [1.82, 2.24) is 10.2 Å². The molecule has 0 fully saturated rings. The lowest BCUT2D eigenvalue weighted by Crippen LogP contribution is -2.05. The molecule has 0 bridgehead atoms. The van der Waals surface area contributed by atoms with Crippen molar-refractivity contribution in [2.24, 2.45) is 0 Å². The number of rotatable bonds is 7. The molecule has 0 radical (unpaired) electrons. The summed E-state index contributed by atoms with van der Waals surface area (Å²) in [6.45, 7) is 0.666. The number of halogens is 1. The Hall–Kier alpha value is -1.95. The topological polar surface area (TPSA) is 69.4 Å². The van der Waals surface area contributed by atoms with Gasteiger partial charge in [-0.2, -0.15) is 0 Å². The van der Waals surface area contributed by atoms with Gasteiger partial charge in [0, 0.05) is 6.54 Å². The van der Waals surface area contributed by atoms with Gasteiger partial charge in [-0.1, -0.05) is 11.2 Å². The number of alkyl halides is 1. The van der Waals surface area contributed by atoms with E-state index in [0.29, 0.717) is 29.9 Å². The lowest BCUT2D eigenvalue weighted by atomic mass is 10.1. The Labute approximate surface area is 122 Å². The Balaban J connectivity index is 1.90. The molecule has 0 aliphatic heterocycles. The predicted molar refractivity (Wildman–Crippen MR) is 75.6 cm³/mol. The molecule has 20 heavy (non-hydrogen) atoms. The van der Waals surface area contributed by atoms with Crippen molar-refractivity contribution in [3.8, 4) is 11.5 Å². The summed E-state index contributed by atoms with van der Waals surface area (Å²) in [5, 5.41) is 10.6. The molecule has 6 nitrogen and oxygen atoms in total. The number of benzene rings is 1. The van der Waals surface area contributed by atoms with Crippen LogP contribution in [0.1, 0.15) is 11.5 Å². The van der Waals surface area contributed by atoms with Crippen molar-refractivity contribution < 1.29 is 13.9 Å². The average molecular weight is 298 g/mol. The van der Waals surface area contributed by atoms with Crippen LogP contribution in [0.15, 0.2) is 22.6 Å². The molecule has 1 aromatic heterocycles. The largest absolute Gasteiger partial charge is 0.493 e. The number of aromatic nitrogens is 2. The van der Waals surface area contributed by atoms with Crippen molar-refractivity contribution in [2.45, 2.75) is 12.3 Å². The van der Waals surface area contributed by atoms with Crippen LogP contribution in [0.4, 0.5) is 6.01 Å². The van der Waals surface area contributed by atoms with Crippen LogP contribution in [0.3, 0.4) is 0 Å². The molecule has 0 aliphatic rings. The number of hydrogen-bond donors (Lipinski definition) is 1. The highest BCUT2D eigenvalue weighted by Gasteiger charge is 2.06. The average Bonchev–Trinajstić information content (AvgIpc) is 2.95. The molecule has 0 unspecified atom stereocenters. The van der Waals surface area contributed by atoms with E-state index in [2.05, 4.69) is 15.5 Å². The van der Waals surface area contributed by atoms with Gasteiger partial charge in [0.2, 0.25) is 5.89 Å². The highest BCUT2D eigenvalue weighted by molar-refractivity contribution is 6.16. The molecule has 0 spiro atoms. The Morgan fingerprint density at radius 2 is 2.00 bits per heavy atom. The van der Waals surface area contributed by atoms with Gasteiger partial charge in [-0.15, -0.1) is 16.7 Å². The van der Waals surface area contributed by atoms with Crippen LogP contribution < -0.4 is 14.8 Å². The minimum absolute atomic E-state index is 0.213. The van der Waals surface area contributed by atoms with E-state index in [1.165, 1.54) is 0 Å². The Morgan fingerprint density at radius 3 is 2.65 bits per heavy atom. The Bertz CT molecular complexity index is 560. The van der Waals surface area contributed by atoms with Gasteiger partial charge in [0.05, 0.1) is 14.2 Å². The summed E-state index contributed by atoms with van der Waals surface area (Å²) in [6.07, 6.45) is 0.791. The van der Waals surface area contributed by atoms with Gasteiger partial charge in [-0.3, -0.25) is 0 Å². The molecule has 0 aliphatic carbocycles. The first-order valence-corrected chi connectivity index (χ1v) is 6.63. The highest BCUT2D eigenvalue weighted by atomic mass is 35.5. The summed E-state index contributed by atoms with van der Waals surface area (Å²) >= 11 is 5.58. The van der Waals surface area contributed by atoms with E-state index in [1.807, 2.05) is 18.2 Å². The maximum atomic E-state index is 5.58. The third kappa shape index (κ3) is 3.54. The van der Waals surface area contributed by atoms with Crippen LogP contribution in [0.5, 0.6) is 11.5 Å². The molecular weight excluding hydrogens is 282 g/mol. The second kappa shape index (κ2) is 7.00. The summed E-state index contributed by atoms with van der Waals surface area (Å²) in [6, 6.07) is 6.19. The third-order valence-corrected chi connectivity index (χ3v) is 2.95. The van der Waals surface area contributed by atoms with Crippen LogP contribution in [0.2, 0.25) is 0 Å². The fraction of sp³-hybridized carbons (Fsp3) is 0.385. The van der Waals surface area contributed by atoms with Gasteiger partial charge in [-0.05, 0) is 24.1 Å². The normalized spacial score (nSPS) is 10.3. The summed E-state index contributed by atoms with van der Waals surface area (Å²) in [4.78, 5) is 0. The van der Waals surface area contributed by atoms with Crippen LogP contribution >= 0.6 is 11.6 Å². The summed E-state index contributed by atoms with van der Waals surface area (Å²) in [5.41, 5.74) is 1.12. The number of ether oxygens (including phenoxy) is 2. The molecule has 0 atom stereocenters. The summed E-state index contributed by atoms with van der Waals surface area (Å²) < 4.78 is 15.7. The molecular formula is C13H16ClN3O3. The van der Waals surface area contributed by atoms with E-state index in [-0.39, 0.29) is 5.88 Å². The smallest absolute Gasteiger partial charge is 0.315 e. The van der Waals surface area contributed by atoms with Crippen LogP contribution in [0, 0.1) is 0 Å². The zero-order valence-electron chi connectivity index (χ0n) is 11.4. The van der Waals surface area contributed by atoms with E-state index < -0.39 is 0 Å². The van der Waals surface area contributed by atoms with E-state index in [0.717, 1.165) is 12.0 Å². The van der Waals surface area contributed by atoms with Gasteiger partial charge in [0.1, 0.15) is 5.88 Å². The number of nitrogens with zero attached hydrogens (tertiary/aromatic N) is 2. The number of anilines is 1. The van der Waals surface area contributed by atoms with Gasteiger partial charge < -0.3 is 19.2 Å². The summed E-state index contributed by atoms with van der Waals surface area (Å²) in [5.74, 6) is 2.05. The van der Waals surface area contributed by atoms with E-state index in [4.69, 9.17) is 25.5 Å². The highest BCUT2D eigenvalue weighted by Crippen LogP contribution is 2.27. The van der Waals surface area contributed by atoms with E-state index in [1.54, 1.807) is 14.2 Å². The maximum Gasteiger partial charge on any atom is 0.315 e. The van der Waals surface area contributed by atoms with Gasteiger partial charge in [-0.25, -0.2) is 0 Å². The Morgan fingerprint density at radius 1 is 1.20 bits per heavy atom. The molecule has 2 rings (SSSR count). The SMILES string of the molecule is COc1ccc(CCNc2nnc(CCl)o2)cc1OC. The van der Waals surface area contributed by atoms with Crippen molar-refractivity contribution in [1.29, 1.82) is 0 Å². The van der Waals surface area contributed by atoms with Crippen molar-refractivity contribution in [2.75, 3.05) is 26.1 Å². The van der Waals surface area contributed by atoms with Crippen LogP contribution in [0.25, 0.3) is 0 Å². The second-order valence-electron chi connectivity index (χ2n) is 4.00. The molecule has 7 heteroatoms. The second-order valence-corrected chi connectivity index (χ2v) is 4.27. The predicted octanol–water partition coefficient (Wildman–Crippen LogP) is 2.48. The van der Waals surface area contributed by atoms with Crippen LogP contribution in [-0.4, -0.2) is 31.0 Å². The van der Waals surface area contributed by atoms with E-state index in [9.17, 15) is 0 Å². The first kappa shape index (κ1) is 14.5. The molecule has 2 aromatic rings. The quantitative estimate of drug-likeness (QED) is 0.792. The standard InChI is InChI=1S/C13H16ClN3O3/c1-18-10-4-3-9(7-11(10)19-2)5-6-15-13-17-16-12(8-14)20-13/h3-4,7H,5-6,8H2,1-2H3,(H,15,17). The fourth-order valence-electron chi connectivity index (χ4n) is 1.73. The Kier molecular flexibility index (Phi) is 5.06. The minimum Gasteiger partial charge on any atom is -0.493 e. The van der Waals surface area contributed by atoms with Gasteiger partial charge in [0.15, 0.2) is 11.5 Å². The summed E-state index contributed by atoms with van der Waals surface area (Å²) in [7, 11) is 3.23. The van der Waals surface area contributed by atoms with Crippen molar-refractivity contribution >= 4 is 17.6 Å².